The van der Waals surface area contributed by atoms with Gasteiger partial charge in [0.25, 0.3) is 0 Å². The number of methoxy groups -OCH3 is 1. The van der Waals surface area contributed by atoms with E-state index in [0.29, 0.717) is 12.3 Å². The predicted octanol–water partition coefficient (Wildman–Crippen LogP) is 1.74. The van der Waals surface area contributed by atoms with Crippen molar-refractivity contribution >= 4 is 27.3 Å². The molecule has 6 nitrogen and oxygen atoms in total. The first-order valence-electron chi connectivity index (χ1n) is 6.87. The zero-order chi connectivity index (χ0) is 16.9. The third kappa shape index (κ3) is 4.78. The molecule has 0 aliphatic rings. The summed E-state index contributed by atoms with van der Waals surface area (Å²) in [4.78, 5) is 12.1. The van der Waals surface area contributed by atoms with E-state index >= 15 is 0 Å². The van der Waals surface area contributed by atoms with Crippen LogP contribution in [0, 0.1) is 0 Å². The molecular formula is C15H18N2O4S2. The van der Waals surface area contributed by atoms with Crippen LogP contribution >= 0.6 is 11.3 Å². The predicted molar refractivity (Wildman–Crippen MR) is 88.9 cm³/mol. The number of thiophene rings is 1. The Morgan fingerprint density at radius 1 is 1.26 bits per heavy atom. The number of ether oxygens (including phenoxy) is 1. The molecule has 0 saturated heterocycles. The van der Waals surface area contributed by atoms with Gasteiger partial charge in [-0.15, -0.1) is 0 Å². The largest absolute Gasteiger partial charge is 0.497 e. The van der Waals surface area contributed by atoms with Crippen LogP contribution in [0.25, 0.3) is 0 Å². The van der Waals surface area contributed by atoms with Crippen LogP contribution in [-0.4, -0.2) is 27.5 Å². The quantitative estimate of drug-likeness (QED) is 0.793. The van der Waals surface area contributed by atoms with Gasteiger partial charge in [0.05, 0.1) is 18.0 Å². The van der Waals surface area contributed by atoms with Gasteiger partial charge in [-0.1, -0.05) is 0 Å². The second kappa shape index (κ2) is 7.58. The molecule has 0 aliphatic carbocycles. The SMILES string of the molecule is COc1ccc(S(=O)(=O)N[C@@H](C)C(=O)NCc2ccsc2)cc1. The molecular weight excluding hydrogens is 336 g/mol. The van der Waals surface area contributed by atoms with E-state index in [2.05, 4.69) is 10.0 Å². The van der Waals surface area contributed by atoms with Gasteiger partial charge >= 0.3 is 0 Å². The maximum absolute atomic E-state index is 12.2. The molecule has 8 heteroatoms. The van der Waals surface area contributed by atoms with Crippen molar-refractivity contribution in [2.45, 2.75) is 24.4 Å². The second-order valence-electron chi connectivity index (χ2n) is 4.87. The minimum atomic E-state index is -3.77. The highest BCUT2D eigenvalue weighted by molar-refractivity contribution is 7.89. The number of hydrogen-bond donors (Lipinski definition) is 2. The maximum atomic E-state index is 12.2. The summed E-state index contributed by atoms with van der Waals surface area (Å²) in [5.74, 6) is 0.179. The van der Waals surface area contributed by atoms with Crippen molar-refractivity contribution in [1.29, 1.82) is 0 Å². The fourth-order valence-electron chi connectivity index (χ4n) is 1.84. The van der Waals surface area contributed by atoms with Crippen LogP contribution < -0.4 is 14.8 Å². The highest BCUT2D eigenvalue weighted by atomic mass is 32.2. The van der Waals surface area contributed by atoms with Crippen molar-refractivity contribution in [1.82, 2.24) is 10.0 Å². The van der Waals surface area contributed by atoms with Crippen LogP contribution in [-0.2, 0) is 21.4 Å². The summed E-state index contributed by atoms with van der Waals surface area (Å²) in [7, 11) is -2.26. The minimum Gasteiger partial charge on any atom is -0.497 e. The van der Waals surface area contributed by atoms with Crippen molar-refractivity contribution in [3.63, 3.8) is 0 Å². The molecule has 0 spiro atoms. The lowest BCUT2D eigenvalue weighted by molar-refractivity contribution is -0.122. The third-order valence-electron chi connectivity index (χ3n) is 3.14. The number of carbonyl (C=O) groups is 1. The Morgan fingerprint density at radius 2 is 1.96 bits per heavy atom. The average Bonchev–Trinajstić information content (AvgIpc) is 3.05. The van der Waals surface area contributed by atoms with Crippen LogP contribution in [0.1, 0.15) is 12.5 Å². The van der Waals surface area contributed by atoms with E-state index in [-0.39, 0.29) is 10.8 Å². The van der Waals surface area contributed by atoms with Gasteiger partial charge in [-0.2, -0.15) is 16.1 Å². The average molecular weight is 354 g/mol. The van der Waals surface area contributed by atoms with E-state index in [1.165, 1.54) is 37.5 Å². The van der Waals surface area contributed by atoms with Crippen LogP contribution in [0.4, 0.5) is 0 Å². The van der Waals surface area contributed by atoms with Crippen LogP contribution in [0.5, 0.6) is 5.75 Å². The summed E-state index contributed by atoms with van der Waals surface area (Å²) in [5, 5.41) is 6.53. The third-order valence-corrected chi connectivity index (χ3v) is 5.43. The Hall–Kier alpha value is -1.90. The highest BCUT2D eigenvalue weighted by Crippen LogP contribution is 2.15. The molecule has 1 aromatic carbocycles. The Bertz CT molecular complexity index is 740. The fourth-order valence-corrected chi connectivity index (χ4v) is 3.72. The van der Waals surface area contributed by atoms with Gasteiger partial charge in [-0.3, -0.25) is 4.79 Å². The van der Waals surface area contributed by atoms with Gasteiger partial charge < -0.3 is 10.1 Å². The molecule has 0 saturated carbocycles. The van der Waals surface area contributed by atoms with Gasteiger partial charge in [-0.05, 0) is 53.6 Å². The molecule has 1 heterocycles. The zero-order valence-electron chi connectivity index (χ0n) is 12.8. The molecule has 2 N–H and O–H groups in total. The van der Waals surface area contributed by atoms with Crippen LogP contribution in [0.3, 0.4) is 0 Å². The summed E-state index contributed by atoms with van der Waals surface area (Å²) in [6.07, 6.45) is 0. The number of benzene rings is 1. The zero-order valence-corrected chi connectivity index (χ0v) is 14.4. The maximum Gasteiger partial charge on any atom is 0.241 e. The molecule has 1 amide bonds. The molecule has 1 atom stereocenters. The summed E-state index contributed by atoms with van der Waals surface area (Å²) in [5.41, 5.74) is 0.980. The number of carbonyl (C=O) groups excluding carboxylic acids is 1. The standard InChI is InChI=1S/C15H18N2O4S2/c1-11(15(18)16-9-12-7-8-22-10-12)17-23(19,20)14-5-3-13(21-2)4-6-14/h3-8,10-11,17H,9H2,1-2H3,(H,16,18)/t11-/m0/s1. The number of amides is 1. The molecule has 0 unspecified atom stereocenters. The summed E-state index contributed by atoms with van der Waals surface area (Å²) >= 11 is 1.54. The van der Waals surface area contributed by atoms with E-state index in [1.807, 2.05) is 16.8 Å². The molecule has 2 aromatic rings. The summed E-state index contributed by atoms with van der Waals surface area (Å²) in [6.45, 7) is 1.88. The van der Waals surface area contributed by atoms with E-state index in [4.69, 9.17) is 4.74 Å². The number of nitrogens with one attached hydrogen (secondary N) is 2. The monoisotopic (exact) mass is 354 g/mol. The number of hydrogen-bond acceptors (Lipinski definition) is 5. The van der Waals surface area contributed by atoms with Crippen molar-refractivity contribution in [3.05, 3.63) is 46.7 Å². The van der Waals surface area contributed by atoms with E-state index in [9.17, 15) is 13.2 Å². The number of rotatable bonds is 7. The smallest absolute Gasteiger partial charge is 0.241 e. The highest BCUT2D eigenvalue weighted by Gasteiger charge is 2.21. The topological polar surface area (TPSA) is 84.5 Å². The lowest BCUT2D eigenvalue weighted by Gasteiger charge is -2.14. The first kappa shape index (κ1) is 17.5. The molecule has 0 fully saturated rings. The van der Waals surface area contributed by atoms with E-state index in [0.717, 1.165) is 5.56 Å². The Balaban J connectivity index is 1.96. The van der Waals surface area contributed by atoms with Crippen molar-refractivity contribution in [2.75, 3.05) is 7.11 Å². The fraction of sp³-hybridized carbons (Fsp3) is 0.267. The lowest BCUT2D eigenvalue weighted by atomic mass is 10.3. The van der Waals surface area contributed by atoms with Gasteiger partial charge in [0, 0.05) is 6.54 Å². The Morgan fingerprint density at radius 3 is 2.52 bits per heavy atom. The molecule has 23 heavy (non-hydrogen) atoms. The van der Waals surface area contributed by atoms with Crippen molar-refractivity contribution in [3.8, 4) is 5.75 Å². The van der Waals surface area contributed by atoms with Crippen molar-refractivity contribution in [2.24, 2.45) is 0 Å². The van der Waals surface area contributed by atoms with E-state index < -0.39 is 16.1 Å². The van der Waals surface area contributed by atoms with Gasteiger partial charge in [-0.25, -0.2) is 8.42 Å². The molecule has 2 rings (SSSR count). The molecule has 1 aromatic heterocycles. The van der Waals surface area contributed by atoms with Gasteiger partial charge in [0.2, 0.25) is 15.9 Å². The second-order valence-corrected chi connectivity index (χ2v) is 7.36. The molecule has 0 bridgehead atoms. The van der Waals surface area contributed by atoms with Crippen LogP contribution in [0.2, 0.25) is 0 Å². The van der Waals surface area contributed by atoms with Crippen LogP contribution in [0.15, 0.2) is 46.0 Å². The van der Waals surface area contributed by atoms with Crippen molar-refractivity contribution < 1.29 is 17.9 Å². The van der Waals surface area contributed by atoms with Gasteiger partial charge in [0.15, 0.2) is 0 Å². The molecule has 124 valence electrons. The first-order chi connectivity index (χ1) is 10.9. The van der Waals surface area contributed by atoms with E-state index in [1.54, 1.807) is 12.1 Å². The summed E-state index contributed by atoms with van der Waals surface area (Å²) in [6, 6.07) is 6.98. The number of sulfonamides is 1. The Kier molecular flexibility index (Phi) is 5.75. The summed E-state index contributed by atoms with van der Waals surface area (Å²) < 4.78 is 31.9. The normalized spacial score (nSPS) is 12.6. The van der Waals surface area contributed by atoms with Gasteiger partial charge in [0.1, 0.15) is 5.75 Å². The lowest BCUT2D eigenvalue weighted by Crippen LogP contribution is -2.44. The molecule has 0 aliphatic heterocycles. The minimum absolute atomic E-state index is 0.0794. The molecule has 0 radical (unpaired) electrons. The first-order valence-corrected chi connectivity index (χ1v) is 9.30. The Labute approximate surface area is 139 Å².